The largest absolute Gasteiger partial charge is 0.441 e. The monoisotopic (exact) mass is 434 g/mol. The van der Waals surface area contributed by atoms with Crippen molar-refractivity contribution in [1.29, 1.82) is 0 Å². The maximum Gasteiger partial charge on any atom is 0.415 e. The fraction of sp³-hybridized carbons (Fsp3) is 0.480. The molecule has 2 saturated heterocycles. The molecule has 0 unspecified atom stereocenters. The van der Waals surface area contributed by atoms with E-state index in [9.17, 15) is 9.59 Å². The van der Waals surface area contributed by atoms with Crippen molar-refractivity contribution in [2.75, 3.05) is 42.5 Å². The predicted octanol–water partition coefficient (Wildman–Crippen LogP) is 3.97. The highest BCUT2D eigenvalue weighted by molar-refractivity contribution is 5.96. The molecule has 0 N–H and O–H groups in total. The predicted molar refractivity (Wildman–Crippen MR) is 123 cm³/mol. The lowest BCUT2D eigenvalue weighted by Crippen LogP contribution is -2.49. The molecule has 0 bridgehead atoms. The second kappa shape index (κ2) is 7.80. The number of rotatable bonds is 4. The van der Waals surface area contributed by atoms with E-state index in [2.05, 4.69) is 17.9 Å². The summed E-state index contributed by atoms with van der Waals surface area (Å²) in [6, 6.07) is 9.51. The van der Waals surface area contributed by atoms with Gasteiger partial charge in [-0.3, -0.25) is 9.69 Å². The Kier molecular flexibility index (Phi) is 5.07. The summed E-state index contributed by atoms with van der Waals surface area (Å²) in [5.41, 5.74) is 3.45. The van der Waals surface area contributed by atoms with Crippen LogP contribution in [0.1, 0.15) is 54.1 Å². The van der Waals surface area contributed by atoms with Crippen molar-refractivity contribution in [1.82, 2.24) is 9.88 Å². The van der Waals surface area contributed by atoms with E-state index in [4.69, 9.17) is 9.72 Å². The van der Waals surface area contributed by atoms with Crippen LogP contribution in [-0.4, -0.2) is 60.2 Å². The molecule has 1 aromatic carbocycles. The number of cyclic esters (lactones) is 1. The third-order valence-corrected chi connectivity index (χ3v) is 6.54. The van der Waals surface area contributed by atoms with Gasteiger partial charge >= 0.3 is 6.09 Å². The summed E-state index contributed by atoms with van der Waals surface area (Å²) in [7, 11) is 0. The summed E-state index contributed by atoms with van der Waals surface area (Å²) in [5.74, 6) is 1.76. The average molecular weight is 435 g/mol. The zero-order valence-corrected chi connectivity index (χ0v) is 19.0. The van der Waals surface area contributed by atoms with Gasteiger partial charge in [-0.25, -0.2) is 9.78 Å². The molecule has 1 aromatic heterocycles. The molecule has 2 aliphatic heterocycles. The van der Waals surface area contributed by atoms with Crippen LogP contribution in [0.5, 0.6) is 0 Å². The number of carbonyl (C=O) groups excluding carboxylic acids is 2. The summed E-state index contributed by atoms with van der Waals surface area (Å²) in [5, 5.41) is 0. The Bertz CT molecular complexity index is 1040. The number of hydrogen-bond acceptors (Lipinski definition) is 5. The van der Waals surface area contributed by atoms with Crippen LogP contribution in [0.4, 0.5) is 16.3 Å². The molecule has 32 heavy (non-hydrogen) atoms. The van der Waals surface area contributed by atoms with E-state index < -0.39 is 5.60 Å². The molecule has 3 aliphatic rings. The van der Waals surface area contributed by atoms with Crippen LogP contribution in [-0.2, 0) is 4.74 Å². The van der Waals surface area contributed by atoms with E-state index in [-0.39, 0.29) is 12.0 Å². The maximum atomic E-state index is 13.0. The van der Waals surface area contributed by atoms with Crippen molar-refractivity contribution in [3.05, 3.63) is 53.2 Å². The van der Waals surface area contributed by atoms with Gasteiger partial charge in [-0.05, 0) is 74.9 Å². The minimum atomic E-state index is -0.503. The summed E-state index contributed by atoms with van der Waals surface area (Å²) in [4.78, 5) is 35.6. The molecule has 3 heterocycles. The van der Waals surface area contributed by atoms with Gasteiger partial charge < -0.3 is 14.5 Å². The van der Waals surface area contributed by atoms with Crippen LogP contribution in [0.15, 0.2) is 36.5 Å². The van der Waals surface area contributed by atoms with Gasteiger partial charge in [0.2, 0.25) is 0 Å². The fourth-order valence-corrected chi connectivity index (χ4v) is 4.61. The van der Waals surface area contributed by atoms with Crippen molar-refractivity contribution in [3.8, 4) is 0 Å². The van der Waals surface area contributed by atoms with Crippen LogP contribution < -0.4 is 9.80 Å². The van der Waals surface area contributed by atoms with Crippen molar-refractivity contribution in [2.24, 2.45) is 0 Å². The van der Waals surface area contributed by atoms with E-state index in [1.165, 1.54) is 24.0 Å². The number of amides is 2. The Balaban J connectivity index is 1.21. The molecule has 0 spiro atoms. The minimum Gasteiger partial charge on any atom is -0.441 e. The maximum absolute atomic E-state index is 13.0. The number of hydrogen-bond donors (Lipinski definition) is 0. The Hall–Kier alpha value is -3.09. The van der Waals surface area contributed by atoms with Crippen molar-refractivity contribution >= 4 is 23.5 Å². The van der Waals surface area contributed by atoms with Gasteiger partial charge in [0.15, 0.2) is 0 Å². The molecule has 0 radical (unpaired) electrons. The van der Waals surface area contributed by atoms with Crippen molar-refractivity contribution < 1.29 is 14.3 Å². The standard InChI is InChI=1S/C25H30N4O3/c1-17-14-20(18-4-5-18)15-26-22(17)27-10-12-28(13-11-27)23(30)19-6-8-21(9-7-19)29-16-25(2,3)32-24(29)31/h6-9,14-15,18H,4-5,10-13,16H2,1-3H3. The summed E-state index contributed by atoms with van der Waals surface area (Å²) in [6.07, 6.45) is 4.24. The Labute approximate surface area is 189 Å². The zero-order valence-electron chi connectivity index (χ0n) is 19.0. The van der Waals surface area contributed by atoms with E-state index in [1.807, 2.05) is 37.1 Å². The van der Waals surface area contributed by atoms with Gasteiger partial charge in [-0.2, -0.15) is 0 Å². The van der Waals surface area contributed by atoms with Crippen molar-refractivity contribution in [2.45, 2.75) is 45.1 Å². The number of aryl methyl sites for hydroxylation is 1. The molecule has 0 atom stereocenters. The minimum absolute atomic E-state index is 0.0225. The Morgan fingerprint density at radius 1 is 1.09 bits per heavy atom. The lowest BCUT2D eigenvalue weighted by molar-refractivity contribution is 0.0746. The summed E-state index contributed by atoms with van der Waals surface area (Å²) in [6.45, 7) is 9.28. The number of pyridine rings is 1. The van der Waals surface area contributed by atoms with Crippen LogP contribution in [0.25, 0.3) is 0 Å². The normalized spacial score (nSPS) is 20.5. The first-order chi connectivity index (χ1) is 15.3. The highest BCUT2D eigenvalue weighted by Gasteiger charge is 2.38. The average Bonchev–Trinajstić information content (AvgIpc) is 3.58. The van der Waals surface area contributed by atoms with Gasteiger partial charge in [-0.15, -0.1) is 0 Å². The molecule has 5 rings (SSSR count). The summed E-state index contributed by atoms with van der Waals surface area (Å²) >= 11 is 0. The number of ether oxygens (including phenoxy) is 1. The van der Waals surface area contributed by atoms with E-state index >= 15 is 0 Å². The van der Waals surface area contributed by atoms with E-state index in [0.717, 1.165) is 24.6 Å². The van der Waals surface area contributed by atoms with Crippen molar-refractivity contribution in [3.63, 3.8) is 0 Å². The molecule has 2 amide bonds. The highest BCUT2D eigenvalue weighted by atomic mass is 16.6. The van der Waals surface area contributed by atoms with Crippen LogP contribution >= 0.6 is 0 Å². The lowest BCUT2D eigenvalue weighted by Gasteiger charge is -2.36. The number of anilines is 2. The molecular weight excluding hydrogens is 404 g/mol. The number of nitrogens with zero attached hydrogens (tertiary/aromatic N) is 4. The number of aromatic nitrogens is 1. The smallest absolute Gasteiger partial charge is 0.415 e. The zero-order chi connectivity index (χ0) is 22.5. The number of carbonyl (C=O) groups is 2. The third-order valence-electron chi connectivity index (χ3n) is 6.54. The SMILES string of the molecule is Cc1cc(C2CC2)cnc1N1CCN(C(=O)c2ccc(N3CC(C)(C)OC3=O)cc2)CC1. The first-order valence-corrected chi connectivity index (χ1v) is 11.4. The second-order valence-corrected chi connectivity index (χ2v) is 9.72. The van der Waals surface area contributed by atoms with E-state index in [1.54, 1.807) is 17.0 Å². The fourth-order valence-electron chi connectivity index (χ4n) is 4.61. The number of benzene rings is 1. The van der Waals surface area contributed by atoms with Crippen LogP contribution in [0.3, 0.4) is 0 Å². The van der Waals surface area contributed by atoms with E-state index in [0.29, 0.717) is 31.1 Å². The molecule has 3 fully saturated rings. The Morgan fingerprint density at radius 2 is 1.78 bits per heavy atom. The topological polar surface area (TPSA) is 66.0 Å². The van der Waals surface area contributed by atoms with Gasteiger partial charge in [-0.1, -0.05) is 6.07 Å². The van der Waals surface area contributed by atoms with Gasteiger partial charge in [0, 0.05) is 43.6 Å². The molecule has 7 heteroatoms. The Morgan fingerprint density at radius 3 is 2.34 bits per heavy atom. The number of piperazine rings is 1. The third kappa shape index (κ3) is 4.04. The van der Waals surface area contributed by atoms with Gasteiger partial charge in [0.25, 0.3) is 5.91 Å². The lowest BCUT2D eigenvalue weighted by atomic mass is 10.1. The molecule has 1 saturated carbocycles. The first-order valence-electron chi connectivity index (χ1n) is 11.4. The molecular formula is C25H30N4O3. The highest BCUT2D eigenvalue weighted by Crippen LogP contribution is 2.40. The quantitative estimate of drug-likeness (QED) is 0.729. The van der Waals surface area contributed by atoms with Gasteiger partial charge in [0.1, 0.15) is 11.4 Å². The van der Waals surface area contributed by atoms with Crippen LogP contribution in [0.2, 0.25) is 0 Å². The molecule has 168 valence electrons. The molecule has 1 aliphatic carbocycles. The second-order valence-electron chi connectivity index (χ2n) is 9.72. The summed E-state index contributed by atoms with van der Waals surface area (Å²) < 4.78 is 5.37. The molecule has 2 aromatic rings. The first kappa shape index (κ1) is 20.8. The molecule has 7 nitrogen and oxygen atoms in total. The van der Waals surface area contributed by atoms with Crippen LogP contribution in [0, 0.1) is 6.92 Å². The van der Waals surface area contributed by atoms with Gasteiger partial charge in [0.05, 0.1) is 6.54 Å².